The predicted molar refractivity (Wildman–Crippen MR) is 89.4 cm³/mol. The summed E-state index contributed by atoms with van der Waals surface area (Å²) in [5.41, 5.74) is 0.439. The standard InChI is InChI=1S/C12H18ClIN2O2S/c1-2-15-7-3-4-8-19(17,18)16-12-6-5-10(14)9-11(12)13/h5-6,9,15-16H,2-4,7-8H2,1H3. The summed E-state index contributed by atoms with van der Waals surface area (Å²) in [6, 6.07) is 5.22. The Morgan fingerprint density at radius 1 is 1.32 bits per heavy atom. The molecule has 108 valence electrons. The van der Waals surface area contributed by atoms with Crippen LogP contribution in [0.1, 0.15) is 19.8 Å². The SMILES string of the molecule is CCNCCCCS(=O)(=O)Nc1ccc(I)cc1Cl. The van der Waals surface area contributed by atoms with Crippen molar-refractivity contribution in [3.63, 3.8) is 0 Å². The van der Waals surface area contributed by atoms with Crippen LogP contribution in [0.15, 0.2) is 18.2 Å². The number of benzene rings is 1. The van der Waals surface area contributed by atoms with Crippen LogP contribution < -0.4 is 10.0 Å². The van der Waals surface area contributed by atoms with E-state index in [0.717, 1.165) is 23.1 Å². The van der Waals surface area contributed by atoms with E-state index in [1.165, 1.54) is 0 Å². The van der Waals surface area contributed by atoms with E-state index in [1.807, 2.05) is 13.0 Å². The number of anilines is 1. The van der Waals surface area contributed by atoms with Gasteiger partial charge in [-0.15, -0.1) is 0 Å². The molecule has 0 aliphatic rings. The maximum Gasteiger partial charge on any atom is 0.232 e. The molecular weight excluding hydrogens is 399 g/mol. The van der Waals surface area contributed by atoms with Gasteiger partial charge in [0.25, 0.3) is 0 Å². The fourth-order valence-electron chi connectivity index (χ4n) is 1.51. The molecule has 0 atom stereocenters. The van der Waals surface area contributed by atoms with Crippen LogP contribution >= 0.6 is 34.2 Å². The molecule has 2 N–H and O–H groups in total. The molecule has 4 nitrogen and oxygen atoms in total. The van der Waals surface area contributed by atoms with E-state index in [9.17, 15) is 8.42 Å². The monoisotopic (exact) mass is 416 g/mol. The molecule has 0 saturated carbocycles. The fourth-order valence-corrected chi connectivity index (χ4v) is 3.67. The molecule has 0 aromatic heterocycles. The van der Waals surface area contributed by atoms with Gasteiger partial charge in [0.1, 0.15) is 0 Å². The Morgan fingerprint density at radius 3 is 2.68 bits per heavy atom. The van der Waals surface area contributed by atoms with Crippen LogP contribution in [0.4, 0.5) is 5.69 Å². The summed E-state index contributed by atoms with van der Waals surface area (Å²) < 4.78 is 27.2. The summed E-state index contributed by atoms with van der Waals surface area (Å²) in [6.07, 6.45) is 1.47. The van der Waals surface area contributed by atoms with Crippen LogP contribution in [0.3, 0.4) is 0 Å². The van der Waals surface area contributed by atoms with Crippen molar-refractivity contribution in [1.29, 1.82) is 0 Å². The van der Waals surface area contributed by atoms with Crippen LogP contribution in [0.2, 0.25) is 5.02 Å². The summed E-state index contributed by atoms with van der Waals surface area (Å²) in [5.74, 6) is 0.112. The van der Waals surface area contributed by atoms with Gasteiger partial charge in [-0.05, 0) is 66.7 Å². The van der Waals surface area contributed by atoms with Gasteiger partial charge in [0.2, 0.25) is 10.0 Å². The minimum Gasteiger partial charge on any atom is -0.317 e. The number of unbranched alkanes of at least 4 members (excludes halogenated alkanes) is 1. The van der Waals surface area contributed by atoms with Gasteiger partial charge in [-0.25, -0.2) is 8.42 Å². The lowest BCUT2D eigenvalue weighted by atomic mass is 10.3. The zero-order chi connectivity index (χ0) is 14.3. The quantitative estimate of drug-likeness (QED) is 0.506. The highest BCUT2D eigenvalue weighted by Crippen LogP contribution is 2.24. The predicted octanol–water partition coefficient (Wildman–Crippen LogP) is 3.08. The van der Waals surface area contributed by atoms with Crippen molar-refractivity contribution in [2.45, 2.75) is 19.8 Å². The van der Waals surface area contributed by atoms with E-state index in [-0.39, 0.29) is 5.75 Å². The van der Waals surface area contributed by atoms with Gasteiger partial charge in [-0.3, -0.25) is 4.72 Å². The van der Waals surface area contributed by atoms with Gasteiger partial charge in [0, 0.05) is 3.57 Å². The van der Waals surface area contributed by atoms with Gasteiger partial charge in [0.05, 0.1) is 16.5 Å². The van der Waals surface area contributed by atoms with Crippen molar-refractivity contribution in [2.24, 2.45) is 0 Å². The van der Waals surface area contributed by atoms with E-state index >= 15 is 0 Å². The van der Waals surface area contributed by atoms with Crippen molar-refractivity contribution in [3.05, 3.63) is 26.8 Å². The minimum absolute atomic E-state index is 0.112. The maximum absolute atomic E-state index is 11.9. The third-order valence-corrected chi connectivity index (χ3v) is 4.80. The fraction of sp³-hybridized carbons (Fsp3) is 0.500. The third kappa shape index (κ3) is 6.78. The van der Waals surface area contributed by atoms with Crippen LogP contribution in [-0.4, -0.2) is 27.3 Å². The first kappa shape index (κ1) is 17.0. The number of halogens is 2. The van der Waals surface area contributed by atoms with E-state index < -0.39 is 10.0 Å². The average Bonchev–Trinajstić information content (AvgIpc) is 2.32. The number of rotatable bonds is 8. The smallest absolute Gasteiger partial charge is 0.232 e. The highest BCUT2D eigenvalue weighted by Gasteiger charge is 2.12. The van der Waals surface area contributed by atoms with Gasteiger partial charge >= 0.3 is 0 Å². The molecule has 0 radical (unpaired) electrons. The van der Waals surface area contributed by atoms with E-state index in [0.29, 0.717) is 17.1 Å². The summed E-state index contributed by atoms with van der Waals surface area (Å²) in [5, 5.41) is 3.58. The molecule has 0 unspecified atom stereocenters. The molecule has 19 heavy (non-hydrogen) atoms. The lowest BCUT2D eigenvalue weighted by molar-refractivity contribution is 0.593. The first-order valence-electron chi connectivity index (χ1n) is 6.11. The topological polar surface area (TPSA) is 58.2 Å². The average molecular weight is 417 g/mol. The zero-order valence-corrected chi connectivity index (χ0v) is 14.5. The molecular formula is C12H18ClIN2O2S. The normalized spacial score (nSPS) is 11.5. The lowest BCUT2D eigenvalue weighted by Crippen LogP contribution is -2.19. The number of sulfonamides is 1. The Morgan fingerprint density at radius 2 is 2.05 bits per heavy atom. The highest BCUT2D eigenvalue weighted by atomic mass is 127. The van der Waals surface area contributed by atoms with Crippen molar-refractivity contribution in [3.8, 4) is 0 Å². The highest BCUT2D eigenvalue weighted by molar-refractivity contribution is 14.1. The van der Waals surface area contributed by atoms with E-state index in [2.05, 4.69) is 32.6 Å². The molecule has 0 bridgehead atoms. The second kappa shape index (κ2) is 8.28. The number of hydrogen-bond acceptors (Lipinski definition) is 3. The number of nitrogens with one attached hydrogen (secondary N) is 2. The molecule has 0 spiro atoms. The van der Waals surface area contributed by atoms with Crippen molar-refractivity contribution in [2.75, 3.05) is 23.6 Å². The van der Waals surface area contributed by atoms with Crippen molar-refractivity contribution in [1.82, 2.24) is 5.32 Å². The zero-order valence-electron chi connectivity index (χ0n) is 10.7. The Hall–Kier alpha value is -0.0500. The lowest BCUT2D eigenvalue weighted by Gasteiger charge is -2.10. The van der Waals surface area contributed by atoms with Gasteiger partial charge in [0.15, 0.2) is 0 Å². The summed E-state index contributed by atoms with van der Waals surface area (Å²) in [7, 11) is -3.32. The van der Waals surface area contributed by atoms with Gasteiger partial charge < -0.3 is 5.32 Å². The Labute approximate surface area is 133 Å². The first-order valence-corrected chi connectivity index (χ1v) is 9.22. The Balaban J connectivity index is 2.50. The van der Waals surface area contributed by atoms with Gasteiger partial charge in [-0.1, -0.05) is 18.5 Å². The van der Waals surface area contributed by atoms with Crippen molar-refractivity contribution < 1.29 is 8.42 Å². The first-order chi connectivity index (χ1) is 8.94. The summed E-state index contributed by atoms with van der Waals surface area (Å²) in [4.78, 5) is 0. The molecule has 0 amide bonds. The molecule has 7 heteroatoms. The van der Waals surface area contributed by atoms with Crippen molar-refractivity contribution >= 4 is 49.9 Å². The largest absolute Gasteiger partial charge is 0.317 e. The van der Waals surface area contributed by atoms with E-state index in [4.69, 9.17) is 11.6 Å². The Bertz CT molecular complexity index is 508. The van der Waals surface area contributed by atoms with E-state index in [1.54, 1.807) is 12.1 Å². The van der Waals surface area contributed by atoms with Crippen LogP contribution in [0, 0.1) is 3.57 Å². The molecule has 1 aromatic carbocycles. The molecule has 0 aliphatic heterocycles. The Kier molecular flexibility index (Phi) is 7.41. The van der Waals surface area contributed by atoms with Crippen LogP contribution in [-0.2, 0) is 10.0 Å². The van der Waals surface area contributed by atoms with Gasteiger partial charge in [-0.2, -0.15) is 0 Å². The molecule has 0 fully saturated rings. The molecule has 0 heterocycles. The van der Waals surface area contributed by atoms with Crippen LogP contribution in [0.25, 0.3) is 0 Å². The second-order valence-electron chi connectivity index (χ2n) is 4.11. The maximum atomic E-state index is 11.9. The summed E-state index contributed by atoms with van der Waals surface area (Å²) >= 11 is 8.12. The number of hydrogen-bond donors (Lipinski definition) is 2. The molecule has 1 rings (SSSR count). The third-order valence-electron chi connectivity index (χ3n) is 2.46. The molecule has 0 saturated heterocycles. The second-order valence-corrected chi connectivity index (χ2v) is 7.60. The van der Waals surface area contributed by atoms with Crippen LogP contribution in [0.5, 0.6) is 0 Å². The minimum atomic E-state index is -3.32. The summed E-state index contributed by atoms with van der Waals surface area (Å²) in [6.45, 7) is 3.77. The molecule has 1 aromatic rings. The molecule has 0 aliphatic carbocycles.